The van der Waals surface area contributed by atoms with Crippen molar-refractivity contribution in [2.75, 3.05) is 28.2 Å². The van der Waals surface area contributed by atoms with Gasteiger partial charge in [0.2, 0.25) is 10.0 Å². The third kappa shape index (κ3) is 9.28. The lowest BCUT2D eigenvalue weighted by molar-refractivity contribution is -0.118. The highest BCUT2D eigenvalue weighted by Crippen LogP contribution is 2.34. The van der Waals surface area contributed by atoms with Crippen molar-refractivity contribution in [3.05, 3.63) is 132 Å². The predicted molar refractivity (Wildman–Crippen MR) is 228 cm³/mol. The first-order valence-corrected chi connectivity index (χ1v) is 25.0. The summed E-state index contributed by atoms with van der Waals surface area (Å²) < 4.78 is 108. The monoisotopic (exact) mass is 926 g/mol. The van der Waals surface area contributed by atoms with Crippen molar-refractivity contribution in [2.45, 2.75) is 54.4 Å². The van der Waals surface area contributed by atoms with Gasteiger partial charge in [-0.15, -0.1) is 0 Å². The number of aromatic nitrogens is 1. The number of hydrogen-bond acceptors (Lipinski definition) is 12. The van der Waals surface area contributed by atoms with Gasteiger partial charge < -0.3 is 10.2 Å². The zero-order valence-corrected chi connectivity index (χ0v) is 36.1. The number of aryl methyl sites for hydroxylation is 3. The van der Waals surface area contributed by atoms with E-state index in [0.29, 0.717) is 43.5 Å². The Morgan fingerprint density at radius 3 is 1.60 bits per heavy atom. The molecule has 3 aliphatic heterocycles. The van der Waals surface area contributed by atoms with E-state index in [4.69, 9.17) is 0 Å². The normalized spacial score (nSPS) is 18.5. The molecule has 62 heavy (non-hydrogen) atoms. The third-order valence-corrected chi connectivity index (χ3v) is 17.0. The van der Waals surface area contributed by atoms with Crippen LogP contribution in [-0.4, -0.2) is 89.7 Å². The first-order valence-electron chi connectivity index (χ1n) is 19.2. The van der Waals surface area contributed by atoms with Crippen molar-refractivity contribution in [1.82, 2.24) is 17.7 Å². The molecule has 1 unspecified atom stereocenters. The van der Waals surface area contributed by atoms with Crippen LogP contribution in [0, 0.1) is 0 Å². The number of anilines is 2. The number of rotatable bonds is 12. The molecule has 3 saturated heterocycles. The average molecular weight is 927 g/mol. The fraction of sp³-hybridized carbons (Fsp3) is 0.250. The van der Waals surface area contributed by atoms with Gasteiger partial charge in [0.15, 0.2) is 0 Å². The summed E-state index contributed by atoms with van der Waals surface area (Å²) in [6.45, 7) is -0.316. The smallest absolute Gasteiger partial charge is 0.326 e. The van der Waals surface area contributed by atoms with Crippen LogP contribution in [0.2, 0.25) is 0 Å². The molecule has 0 spiro atoms. The Kier molecular flexibility index (Phi) is 12.4. The van der Waals surface area contributed by atoms with E-state index in [2.05, 4.69) is 0 Å². The molecule has 8 rings (SSSR count). The standard InChI is InChI=1S/C20H23N3O6S2.C20H19N3O6S2/c2*24-19-13-15(9-11-18(19)23-14-20(25)21-31(23,28)29)8-10-16-5-4-12-22(16)30(26,27)17-6-2-1-3-7-17/h1-3,6-7,9,11,13,16,24H,4-5,8,10,12,14H2,(H,21,25);1-7,9,11-13,24H,8,10,14H2,(H,21,25). The van der Waals surface area contributed by atoms with Crippen molar-refractivity contribution in [1.29, 1.82) is 0 Å². The number of phenolic OH excluding ortho intramolecular Hbond substituents is 2. The van der Waals surface area contributed by atoms with Crippen LogP contribution in [-0.2, 0) is 69.3 Å². The van der Waals surface area contributed by atoms with Gasteiger partial charge in [-0.2, -0.15) is 21.1 Å². The molecule has 0 radical (unpaired) electrons. The number of benzene rings is 4. The molecule has 4 heterocycles. The second-order valence-electron chi connectivity index (χ2n) is 14.6. The lowest BCUT2D eigenvalue weighted by Crippen LogP contribution is -2.35. The predicted octanol–water partition coefficient (Wildman–Crippen LogP) is 2.76. The number of amides is 2. The van der Waals surface area contributed by atoms with E-state index in [1.165, 1.54) is 46.6 Å². The van der Waals surface area contributed by atoms with Crippen LogP contribution in [0.25, 0.3) is 0 Å². The average Bonchev–Trinajstić information content (AvgIpc) is 4.02. The summed E-state index contributed by atoms with van der Waals surface area (Å²) in [5, 5.41) is 20.7. The minimum absolute atomic E-state index is 0.00266. The number of nitrogens with one attached hydrogen (secondary N) is 2. The number of carbonyl (C=O) groups is 2. The van der Waals surface area contributed by atoms with E-state index in [1.54, 1.807) is 77.1 Å². The summed E-state index contributed by atoms with van der Waals surface area (Å²) in [4.78, 5) is 23.3. The van der Waals surface area contributed by atoms with Crippen LogP contribution in [0.15, 0.2) is 125 Å². The maximum atomic E-state index is 13.0. The molecule has 0 bridgehead atoms. The second-order valence-corrected chi connectivity index (χ2v) is 21.5. The van der Waals surface area contributed by atoms with Gasteiger partial charge in [0.05, 0.1) is 21.2 Å². The van der Waals surface area contributed by atoms with Gasteiger partial charge in [-0.1, -0.05) is 48.5 Å². The molecule has 4 aromatic carbocycles. The quantitative estimate of drug-likeness (QED) is 0.141. The van der Waals surface area contributed by atoms with Gasteiger partial charge in [-0.05, 0) is 110 Å². The number of carbonyl (C=O) groups excluding carboxylic acids is 2. The van der Waals surface area contributed by atoms with E-state index in [1.807, 2.05) is 9.44 Å². The maximum Gasteiger partial charge on any atom is 0.326 e. The summed E-state index contributed by atoms with van der Waals surface area (Å²) in [5.41, 5.74) is 2.03. The van der Waals surface area contributed by atoms with Gasteiger partial charge >= 0.3 is 20.4 Å². The lowest BCUT2D eigenvalue weighted by atomic mass is 10.0. The number of nitrogens with zero attached hydrogens (tertiary/aromatic N) is 4. The number of sulfonamides is 1. The van der Waals surface area contributed by atoms with Crippen LogP contribution in [0.3, 0.4) is 0 Å². The largest absolute Gasteiger partial charge is 0.506 e. The van der Waals surface area contributed by atoms with Crippen LogP contribution < -0.4 is 18.1 Å². The van der Waals surface area contributed by atoms with Crippen molar-refractivity contribution in [3.8, 4) is 11.5 Å². The molecule has 0 saturated carbocycles. The molecule has 5 aromatic rings. The van der Waals surface area contributed by atoms with Crippen LogP contribution in [0.5, 0.6) is 11.5 Å². The number of aromatic hydroxyl groups is 2. The Labute approximate surface area is 359 Å². The van der Waals surface area contributed by atoms with E-state index < -0.39 is 58.8 Å². The second kappa shape index (κ2) is 17.4. The van der Waals surface area contributed by atoms with Crippen molar-refractivity contribution in [2.24, 2.45) is 0 Å². The lowest BCUT2D eigenvalue weighted by Gasteiger charge is -2.24. The minimum Gasteiger partial charge on any atom is -0.506 e. The van der Waals surface area contributed by atoms with E-state index in [0.717, 1.165) is 27.0 Å². The molecule has 1 atom stereocenters. The van der Waals surface area contributed by atoms with E-state index >= 15 is 0 Å². The van der Waals surface area contributed by atoms with Gasteiger partial charge in [-0.3, -0.25) is 9.59 Å². The zero-order valence-electron chi connectivity index (χ0n) is 32.8. The number of hydrogen-bond donors (Lipinski definition) is 4. The minimum atomic E-state index is -4.02. The molecule has 18 nitrogen and oxygen atoms in total. The molecule has 4 N–H and O–H groups in total. The van der Waals surface area contributed by atoms with Gasteiger partial charge in [-0.25, -0.2) is 38.9 Å². The first-order chi connectivity index (χ1) is 29.4. The van der Waals surface area contributed by atoms with Crippen LogP contribution in [0.1, 0.15) is 36.1 Å². The Morgan fingerprint density at radius 1 is 0.613 bits per heavy atom. The Bertz CT molecular complexity index is 2950. The molecule has 1 aromatic heterocycles. The molecule has 22 heteroatoms. The molecule has 2 amide bonds. The fourth-order valence-corrected chi connectivity index (χ4v) is 13.0. The molecular weight excluding hydrogens is 885 g/mol. The summed E-state index contributed by atoms with van der Waals surface area (Å²) in [6, 6.07) is 28.7. The van der Waals surface area contributed by atoms with Crippen molar-refractivity contribution >= 4 is 63.7 Å². The van der Waals surface area contributed by atoms with E-state index in [-0.39, 0.29) is 45.3 Å². The summed E-state index contributed by atoms with van der Waals surface area (Å²) >= 11 is 0. The Balaban J connectivity index is 0.000000186. The first kappa shape index (κ1) is 44.1. The van der Waals surface area contributed by atoms with E-state index in [9.17, 15) is 53.5 Å². The summed E-state index contributed by atoms with van der Waals surface area (Å²) in [7, 11) is -15.3. The molecule has 328 valence electrons. The van der Waals surface area contributed by atoms with Gasteiger partial charge in [0.1, 0.15) is 24.6 Å². The van der Waals surface area contributed by atoms with Gasteiger partial charge in [0, 0.05) is 24.5 Å². The highest BCUT2D eigenvalue weighted by Gasteiger charge is 2.38. The van der Waals surface area contributed by atoms with Crippen molar-refractivity contribution < 1.29 is 53.5 Å². The molecule has 0 aliphatic carbocycles. The van der Waals surface area contributed by atoms with Crippen LogP contribution in [0.4, 0.5) is 11.4 Å². The third-order valence-electron chi connectivity index (χ3n) is 10.5. The Morgan fingerprint density at radius 2 is 1.11 bits per heavy atom. The van der Waals surface area contributed by atoms with Crippen molar-refractivity contribution in [3.63, 3.8) is 0 Å². The summed E-state index contributed by atoms with van der Waals surface area (Å²) in [6.07, 6.45) is 4.91. The highest BCUT2D eigenvalue weighted by atomic mass is 32.2. The highest BCUT2D eigenvalue weighted by molar-refractivity contribution is 7.92. The Hall–Kier alpha value is -5.94. The molecule has 3 fully saturated rings. The van der Waals surface area contributed by atoms with Crippen LogP contribution >= 0.6 is 0 Å². The topological polar surface area (TPSA) is 250 Å². The maximum absolute atomic E-state index is 13.0. The number of phenols is 2. The molecular formula is C40H42N6O12S4. The molecule has 3 aliphatic rings. The summed E-state index contributed by atoms with van der Waals surface area (Å²) in [5.74, 6) is -1.88. The SMILES string of the molecule is O=C1CN(c2ccc(CCC3CCCN3S(=O)(=O)c3ccccc3)cc2O)S(=O)(=O)N1.O=C1CN(c2ccc(CCc3cccn3S(=O)(=O)c3ccccc3)cc2O)S(=O)(=O)N1. The van der Waals surface area contributed by atoms with Gasteiger partial charge in [0.25, 0.3) is 21.8 Å². The zero-order chi connectivity index (χ0) is 44.5. The fourth-order valence-electron chi connectivity index (χ4n) is 7.48.